The highest BCUT2D eigenvalue weighted by Crippen LogP contribution is 2.38. The van der Waals surface area contributed by atoms with Gasteiger partial charge in [-0.15, -0.1) is 0 Å². The minimum absolute atomic E-state index is 0.0361. The molecule has 1 N–H and O–H groups in total. The van der Waals surface area contributed by atoms with Crippen molar-refractivity contribution in [2.75, 3.05) is 40.9 Å². The second kappa shape index (κ2) is 62.2. The molecule has 0 aliphatic carbocycles. The molecule has 480 valence electrons. The number of unbranched alkanes of at least 4 members (excludes halogenated alkanes) is 24. The Bertz CT molecular complexity index is 1900. The fourth-order valence-electron chi connectivity index (χ4n) is 9.16. The molecule has 0 saturated heterocycles. The predicted octanol–water partition coefficient (Wildman–Crippen LogP) is 21.0. The van der Waals surface area contributed by atoms with Crippen LogP contribution < -0.4 is 10.2 Å². The number of amides is 1. The van der Waals surface area contributed by atoms with Gasteiger partial charge >= 0.3 is 5.97 Å². The minimum atomic E-state index is -4.72. The Labute approximate surface area is 517 Å². The largest absolute Gasteiger partial charge is 0.756 e. The summed E-state index contributed by atoms with van der Waals surface area (Å²) in [6, 6.07) is -0.917. The summed E-state index contributed by atoms with van der Waals surface area (Å²) in [5.74, 6) is -0.588. The summed E-state index contributed by atoms with van der Waals surface area (Å²) in [5, 5.41) is 3.01. The van der Waals surface area contributed by atoms with E-state index in [1.165, 1.54) is 96.3 Å². The number of carbonyl (C=O) groups is 2. The Morgan fingerprint density at radius 2 is 0.762 bits per heavy atom. The number of nitrogens with zero attached hydrogens (tertiary/aromatic N) is 1. The van der Waals surface area contributed by atoms with Gasteiger partial charge in [-0.2, -0.15) is 0 Å². The van der Waals surface area contributed by atoms with Gasteiger partial charge in [0, 0.05) is 12.8 Å². The minimum Gasteiger partial charge on any atom is -0.756 e. The smallest absolute Gasteiger partial charge is 0.306 e. The molecular weight excluding hydrogens is 1060 g/mol. The quantitative estimate of drug-likeness (QED) is 0.0212. The summed E-state index contributed by atoms with van der Waals surface area (Å²) < 4.78 is 30.4. The van der Waals surface area contributed by atoms with Crippen LogP contribution in [0.3, 0.4) is 0 Å². The van der Waals surface area contributed by atoms with E-state index >= 15 is 0 Å². The van der Waals surface area contributed by atoms with Crippen molar-refractivity contribution in [3.8, 4) is 0 Å². The first-order valence-corrected chi connectivity index (χ1v) is 35.5. The van der Waals surface area contributed by atoms with Crippen LogP contribution in [0.15, 0.2) is 134 Å². The third kappa shape index (κ3) is 62.7. The molecule has 0 spiro atoms. The van der Waals surface area contributed by atoms with Crippen molar-refractivity contribution in [2.24, 2.45) is 0 Å². The molecule has 9 nitrogen and oxygen atoms in total. The molecule has 0 heterocycles. The zero-order chi connectivity index (χ0) is 61.4. The molecule has 3 atom stereocenters. The average molecular weight is 1190 g/mol. The number of phosphoric ester groups is 1. The molecule has 0 aromatic rings. The maximum atomic E-state index is 13.6. The fraction of sp³-hybridized carbons (Fsp3) is 0.676. The molecule has 0 bridgehead atoms. The maximum absolute atomic E-state index is 13.6. The van der Waals surface area contributed by atoms with Crippen molar-refractivity contribution in [3.63, 3.8) is 0 Å². The summed E-state index contributed by atoms with van der Waals surface area (Å²) in [5.41, 5.74) is 0. The van der Waals surface area contributed by atoms with Crippen LogP contribution in [0.4, 0.5) is 0 Å². The lowest BCUT2D eigenvalue weighted by Gasteiger charge is -2.30. The van der Waals surface area contributed by atoms with E-state index in [1.54, 1.807) is 0 Å². The van der Waals surface area contributed by atoms with Gasteiger partial charge in [-0.25, -0.2) is 0 Å². The van der Waals surface area contributed by atoms with Gasteiger partial charge in [0.05, 0.1) is 33.8 Å². The number of likely N-dealkylation sites (N-methyl/N-ethyl adjacent to an activating group) is 1. The van der Waals surface area contributed by atoms with Crippen LogP contribution in [-0.2, 0) is 27.9 Å². The molecule has 3 unspecified atom stereocenters. The van der Waals surface area contributed by atoms with E-state index in [0.29, 0.717) is 17.4 Å². The highest BCUT2D eigenvalue weighted by molar-refractivity contribution is 7.45. The first-order chi connectivity index (χ1) is 40.9. The van der Waals surface area contributed by atoms with E-state index in [-0.39, 0.29) is 31.3 Å². The number of phosphoric acid groups is 1. The van der Waals surface area contributed by atoms with Crippen molar-refractivity contribution in [1.82, 2.24) is 5.32 Å². The van der Waals surface area contributed by atoms with Crippen LogP contribution in [0.5, 0.6) is 0 Å². The number of nitrogens with one attached hydrogen (secondary N) is 1. The van der Waals surface area contributed by atoms with E-state index in [1.807, 2.05) is 33.3 Å². The number of rotatable bonds is 60. The molecule has 0 radical (unpaired) electrons. The maximum Gasteiger partial charge on any atom is 0.306 e. The molecule has 84 heavy (non-hydrogen) atoms. The van der Waals surface area contributed by atoms with Crippen LogP contribution in [0, 0.1) is 0 Å². The van der Waals surface area contributed by atoms with Gasteiger partial charge in [0.25, 0.3) is 7.82 Å². The zero-order valence-corrected chi connectivity index (χ0v) is 55.7. The SMILES string of the molecule is CC/C=C\C/C=C\C/C=C\C/C=C\C/C=C\CCCCCCCCCCCCCC(=O)OC(/C=C\CCCCCCCCCCCC)C(COP(=O)([O-])OCC[N+](C)(C)C)NC(=O)CCCCC/C=C\C/C=C\C/C=C\C/C=C\C/C=C\CC. The van der Waals surface area contributed by atoms with Gasteiger partial charge in [0.1, 0.15) is 19.3 Å². The summed E-state index contributed by atoms with van der Waals surface area (Å²) in [6.45, 7) is 6.58. The molecule has 0 aromatic heterocycles. The van der Waals surface area contributed by atoms with Gasteiger partial charge in [-0.3, -0.25) is 14.2 Å². The number of hydrogen-bond acceptors (Lipinski definition) is 7. The molecule has 0 saturated carbocycles. The van der Waals surface area contributed by atoms with Crippen LogP contribution in [-0.4, -0.2) is 69.4 Å². The standard InChI is InChI=1S/C74H127N2O7P/c1-7-10-13-16-19-22-25-28-30-32-34-35-36-37-38-39-40-41-43-45-47-49-52-55-58-61-64-67-74(78)83-72(65-62-59-56-53-50-27-24-21-18-15-12-9-3)71(70-82-84(79,80)81-69-68-76(4,5)6)75-73(77)66-63-60-57-54-51-48-46-44-42-33-31-29-26-23-20-17-14-11-8-2/h10-11,13-14,19-20,22-23,28-31,34-35,37-38,42,44,48,51,62,65,71-72H,7-9,12,15-18,21,24-27,32-33,36,39-41,43,45-47,49-50,52-61,63-64,66-70H2,1-6H3,(H-,75,77,79,80)/b13-10-,14-11-,22-19-,23-20-,30-28-,31-29-,35-34-,38-37-,44-42-,51-48-,65-62-. The van der Waals surface area contributed by atoms with Crippen molar-refractivity contribution in [1.29, 1.82) is 0 Å². The molecule has 1 amide bonds. The lowest BCUT2D eigenvalue weighted by molar-refractivity contribution is -0.870. The topological polar surface area (TPSA) is 114 Å². The van der Waals surface area contributed by atoms with E-state index in [0.717, 1.165) is 135 Å². The van der Waals surface area contributed by atoms with Crippen molar-refractivity contribution in [2.45, 2.75) is 283 Å². The lowest BCUT2D eigenvalue weighted by atomic mass is 10.0. The van der Waals surface area contributed by atoms with Crippen LogP contribution in [0.2, 0.25) is 0 Å². The van der Waals surface area contributed by atoms with E-state index in [2.05, 4.69) is 148 Å². The van der Waals surface area contributed by atoms with Gasteiger partial charge in [-0.1, -0.05) is 270 Å². The molecule has 0 aromatic carbocycles. The molecule has 10 heteroatoms. The summed E-state index contributed by atoms with van der Waals surface area (Å²) in [7, 11) is 1.14. The predicted molar refractivity (Wildman–Crippen MR) is 362 cm³/mol. The van der Waals surface area contributed by atoms with Gasteiger partial charge < -0.3 is 28.5 Å². The Kier molecular flexibility index (Phi) is 59.4. The third-order valence-electron chi connectivity index (χ3n) is 14.3. The lowest BCUT2D eigenvalue weighted by Crippen LogP contribution is -2.47. The molecule has 0 rings (SSSR count). The first kappa shape index (κ1) is 80.2. The first-order valence-electron chi connectivity index (χ1n) is 34.0. The van der Waals surface area contributed by atoms with Crippen LogP contribution >= 0.6 is 7.82 Å². The van der Waals surface area contributed by atoms with Crippen molar-refractivity contribution < 1.29 is 37.3 Å². The summed E-state index contributed by atoms with van der Waals surface area (Å²) >= 11 is 0. The summed E-state index contributed by atoms with van der Waals surface area (Å²) in [6.07, 6.45) is 88.6. The monoisotopic (exact) mass is 1190 g/mol. The summed E-state index contributed by atoms with van der Waals surface area (Å²) in [4.78, 5) is 40.1. The van der Waals surface area contributed by atoms with Crippen LogP contribution in [0.1, 0.15) is 271 Å². The molecule has 0 fully saturated rings. The Balaban J connectivity index is 5.16. The van der Waals surface area contributed by atoms with E-state index in [9.17, 15) is 19.0 Å². The number of carbonyl (C=O) groups excluding carboxylic acids is 2. The number of hydrogen-bond donors (Lipinski definition) is 1. The Hall–Kier alpha value is -3.85. The third-order valence-corrected chi connectivity index (χ3v) is 15.3. The highest BCUT2D eigenvalue weighted by Gasteiger charge is 2.27. The number of ether oxygens (including phenoxy) is 1. The Morgan fingerprint density at radius 3 is 1.15 bits per heavy atom. The second-order valence-electron chi connectivity index (χ2n) is 23.6. The van der Waals surface area contributed by atoms with Gasteiger partial charge in [0.2, 0.25) is 5.91 Å². The average Bonchev–Trinajstić information content (AvgIpc) is 3.65. The second-order valence-corrected chi connectivity index (χ2v) is 25.0. The Morgan fingerprint density at radius 1 is 0.429 bits per heavy atom. The number of quaternary nitrogens is 1. The van der Waals surface area contributed by atoms with E-state index < -0.39 is 26.6 Å². The van der Waals surface area contributed by atoms with E-state index in [4.69, 9.17) is 13.8 Å². The van der Waals surface area contributed by atoms with Gasteiger partial charge in [-0.05, 0) is 122 Å². The highest BCUT2D eigenvalue weighted by atomic mass is 31.2. The van der Waals surface area contributed by atoms with Crippen molar-refractivity contribution >= 4 is 19.7 Å². The number of allylic oxidation sites excluding steroid dienone is 21. The fourth-order valence-corrected chi connectivity index (χ4v) is 9.89. The molecular formula is C74H127N2O7P. The number of esters is 1. The van der Waals surface area contributed by atoms with Gasteiger partial charge in [0.15, 0.2) is 0 Å². The normalized spacial score (nSPS) is 14.4. The van der Waals surface area contributed by atoms with Crippen molar-refractivity contribution in [3.05, 3.63) is 134 Å². The zero-order valence-electron chi connectivity index (χ0n) is 54.8. The molecule has 0 aliphatic rings. The van der Waals surface area contributed by atoms with Crippen LogP contribution in [0.25, 0.3) is 0 Å². The molecule has 0 aliphatic heterocycles.